The van der Waals surface area contributed by atoms with Crippen LogP contribution in [0.4, 0.5) is 0 Å². The van der Waals surface area contributed by atoms with E-state index in [4.69, 9.17) is 0 Å². The van der Waals surface area contributed by atoms with Gasteiger partial charge in [-0.3, -0.25) is 0 Å². The molecule has 0 saturated heterocycles. The molecule has 3 heterocycles. The normalized spacial score (nSPS) is 10.7. The molecule has 5 aromatic rings. The SMILES string of the molecule is Cc1nc(-c2cnc(-c3ccccc3)nc2)nc(-c2cnc(-c3ccccc3)nc2)n1. The van der Waals surface area contributed by atoms with Crippen molar-refractivity contribution in [3.05, 3.63) is 91.3 Å². The number of hydrogen-bond donors (Lipinski definition) is 0. The zero-order valence-electron chi connectivity index (χ0n) is 16.7. The van der Waals surface area contributed by atoms with Crippen LogP contribution >= 0.6 is 0 Å². The molecule has 7 nitrogen and oxygen atoms in total. The monoisotopic (exact) mass is 403 g/mol. The van der Waals surface area contributed by atoms with E-state index in [2.05, 4.69) is 34.9 Å². The van der Waals surface area contributed by atoms with E-state index in [1.807, 2.05) is 67.6 Å². The second-order valence-corrected chi connectivity index (χ2v) is 6.85. The first-order valence-corrected chi connectivity index (χ1v) is 9.74. The summed E-state index contributed by atoms with van der Waals surface area (Å²) in [7, 11) is 0. The zero-order valence-corrected chi connectivity index (χ0v) is 16.7. The highest BCUT2D eigenvalue weighted by Gasteiger charge is 2.11. The Kier molecular flexibility index (Phi) is 4.90. The molecule has 31 heavy (non-hydrogen) atoms. The lowest BCUT2D eigenvalue weighted by molar-refractivity contribution is 0.982. The lowest BCUT2D eigenvalue weighted by Crippen LogP contribution is -2.01. The van der Waals surface area contributed by atoms with Crippen LogP contribution in [0.1, 0.15) is 5.82 Å². The van der Waals surface area contributed by atoms with E-state index in [1.54, 1.807) is 24.8 Å². The molecule has 0 saturated carbocycles. The molecule has 7 heteroatoms. The van der Waals surface area contributed by atoms with Crippen molar-refractivity contribution in [3.8, 4) is 45.6 Å². The Hall–Kier alpha value is -4.39. The van der Waals surface area contributed by atoms with Crippen LogP contribution < -0.4 is 0 Å². The lowest BCUT2D eigenvalue weighted by Gasteiger charge is -2.06. The summed E-state index contributed by atoms with van der Waals surface area (Å²) in [5.74, 6) is 2.92. The fourth-order valence-electron chi connectivity index (χ4n) is 3.10. The number of hydrogen-bond acceptors (Lipinski definition) is 7. The highest BCUT2D eigenvalue weighted by Crippen LogP contribution is 2.21. The van der Waals surface area contributed by atoms with Gasteiger partial charge in [0, 0.05) is 35.9 Å². The van der Waals surface area contributed by atoms with E-state index in [1.165, 1.54) is 0 Å². The second-order valence-electron chi connectivity index (χ2n) is 6.85. The molecule has 0 N–H and O–H groups in total. The van der Waals surface area contributed by atoms with Gasteiger partial charge >= 0.3 is 0 Å². The van der Waals surface area contributed by atoms with E-state index < -0.39 is 0 Å². The first kappa shape index (κ1) is 18.6. The zero-order chi connectivity index (χ0) is 21.0. The van der Waals surface area contributed by atoms with Crippen LogP contribution in [0.2, 0.25) is 0 Å². The quantitative estimate of drug-likeness (QED) is 0.438. The summed E-state index contributed by atoms with van der Waals surface area (Å²) >= 11 is 0. The predicted octanol–water partition coefficient (Wildman–Crippen LogP) is 4.43. The Labute approximate surface area is 179 Å². The average Bonchev–Trinajstić information content (AvgIpc) is 2.85. The average molecular weight is 403 g/mol. The van der Waals surface area contributed by atoms with Crippen LogP contribution in [0.25, 0.3) is 45.6 Å². The molecular weight excluding hydrogens is 386 g/mol. The number of aromatic nitrogens is 7. The van der Waals surface area contributed by atoms with Crippen molar-refractivity contribution in [2.24, 2.45) is 0 Å². The fourth-order valence-corrected chi connectivity index (χ4v) is 3.10. The number of aryl methyl sites for hydroxylation is 1. The summed E-state index contributed by atoms with van der Waals surface area (Å²) in [6.07, 6.45) is 6.90. The standard InChI is InChI=1S/C24H17N7/c1-16-29-23(19-12-25-21(26-13-19)17-8-4-2-5-9-17)31-24(30-16)20-14-27-22(28-15-20)18-10-6-3-7-11-18/h2-15H,1H3. The van der Waals surface area contributed by atoms with Crippen molar-refractivity contribution in [1.82, 2.24) is 34.9 Å². The van der Waals surface area contributed by atoms with Crippen LogP contribution in [0, 0.1) is 6.92 Å². The number of nitrogens with zero attached hydrogens (tertiary/aromatic N) is 7. The second kappa shape index (κ2) is 8.16. The van der Waals surface area contributed by atoms with Gasteiger partial charge in [0.1, 0.15) is 5.82 Å². The molecule has 0 aliphatic heterocycles. The molecule has 0 spiro atoms. The Bertz CT molecular complexity index is 1200. The van der Waals surface area contributed by atoms with Gasteiger partial charge in [0.05, 0.1) is 11.1 Å². The third-order valence-corrected chi connectivity index (χ3v) is 4.63. The Balaban J connectivity index is 1.45. The van der Waals surface area contributed by atoms with Gasteiger partial charge in [-0.25, -0.2) is 34.9 Å². The molecule has 148 valence electrons. The first-order chi connectivity index (χ1) is 15.3. The topological polar surface area (TPSA) is 90.2 Å². The van der Waals surface area contributed by atoms with Crippen LogP contribution in [0.3, 0.4) is 0 Å². The van der Waals surface area contributed by atoms with Gasteiger partial charge in [0.15, 0.2) is 23.3 Å². The summed E-state index contributed by atoms with van der Waals surface area (Å²) in [4.78, 5) is 31.4. The molecule has 0 aliphatic carbocycles. The number of benzene rings is 2. The molecular formula is C24H17N7. The van der Waals surface area contributed by atoms with E-state index in [-0.39, 0.29) is 0 Å². The Morgan fingerprint density at radius 3 is 1.19 bits per heavy atom. The minimum atomic E-state index is 0.509. The van der Waals surface area contributed by atoms with Gasteiger partial charge in [-0.05, 0) is 6.92 Å². The fraction of sp³-hybridized carbons (Fsp3) is 0.0417. The minimum Gasteiger partial charge on any atom is -0.236 e. The molecule has 2 aromatic carbocycles. The largest absolute Gasteiger partial charge is 0.236 e. The summed E-state index contributed by atoms with van der Waals surface area (Å²) in [5.41, 5.74) is 3.34. The van der Waals surface area contributed by atoms with E-state index in [0.29, 0.717) is 40.2 Å². The van der Waals surface area contributed by atoms with E-state index in [9.17, 15) is 0 Å². The van der Waals surface area contributed by atoms with Crippen LogP contribution in [0.5, 0.6) is 0 Å². The highest BCUT2D eigenvalue weighted by molar-refractivity contribution is 5.62. The van der Waals surface area contributed by atoms with Crippen molar-refractivity contribution in [3.63, 3.8) is 0 Å². The van der Waals surface area contributed by atoms with Gasteiger partial charge in [0.25, 0.3) is 0 Å². The molecule has 0 bridgehead atoms. The molecule has 0 aliphatic rings. The smallest absolute Gasteiger partial charge is 0.166 e. The van der Waals surface area contributed by atoms with Crippen molar-refractivity contribution in [1.29, 1.82) is 0 Å². The van der Waals surface area contributed by atoms with E-state index in [0.717, 1.165) is 11.1 Å². The van der Waals surface area contributed by atoms with Gasteiger partial charge in [-0.2, -0.15) is 0 Å². The van der Waals surface area contributed by atoms with E-state index >= 15 is 0 Å². The van der Waals surface area contributed by atoms with Crippen LogP contribution in [0.15, 0.2) is 85.5 Å². The maximum absolute atomic E-state index is 4.60. The summed E-state index contributed by atoms with van der Waals surface area (Å²) in [6.45, 7) is 1.83. The van der Waals surface area contributed by atoms with Gasteiger partial charge in [0.2, 0.25) is 0 Å². The lowest BCUT2D eigenvalue weighted by atomic mass is 10.2. The van der Waals surface area contributed by atoms with Gasteiger partial charge in [-0.1, -0.05) is 60.7 Å². The molecule has 0 unspecified atom stereocenters. The van der Waals surface area contributed by atoms with Crippen molar-refractivity contribution >= 4 is 0 Å². The predicted molar refractivity (Wildman–Crippen MR) is 117 cm³/mol. The van der Waals surface area contributed by atoms with Crippen LogP contribution in [-0.2, 0) is 0 Å². The maximum Gasteiger partial charge on any atom is 0.166 e. The van der Waals surface area contributed by atoms with Crippen LogP contribution in [-0.4, -0.2) is 34.9 Å². The molecule has 3 aromatic heterocycles. The van der Waals surface area contributed by atoms with Gasteiger partial charge < -0.3 is 0 Å². The van der Waals surface area contributed by atoms with Crippen molar-refractivity contribution in [2.45, 2.75) is 6.92 Å². The number of rotatable bonds is 4. The molecule has 0 amide bonds. The molecule has 0 radical (unpaired) electrons. The Morgan fingerprint density at radius 2 is 0.806 bits per heavy atom. The Morgan fingerprint density at radius 1 is 0.419 bits per heavy atom. The summed E-state index contributed by atoms with van der Waals surface area (Å²) < 4.78 is 0. The summed E-state index contributed by atoms with van der Waals surface area (Å²) in [5, 5.41) is 0. The molecule has 5 rings (SSSR count). The summed E-state index contributed by atoms with van der Waals surface area (Å²) in [6, 6.07) is 19.6. The highest BCUT2D eigenvalue weighted by atomic mass is 15.0. The van der Waals surface area contributed by atoms with Crippen molar-refractivity contribution in [2.75, 3.05) is 0 Å². The molecule has 0 atom stereocenters. The first-order valence-electron chi connectivity index (χ1n) is 9.74. The van der Waals surface area contributed by atoms with Gasteiger partial charge in [-0.15, -0.1) is 0 Å². The third-order valence-electron chi connectivity index (χ3n) is 4.63. The van der Waals surface area contributed by atoms with Crippen molar-refractivity contribution < 1.29 is 0 Å². The molecule has 0 fully saturated rings. The maximum atomic E-state index is 4.60. The third kappa shape index (κ3) is 4.02. The minimum absolute atomic E-state index is 0.509.